The number of hydrogen-bond donors (Lipinski definition) is 4. The Morgan fingerprint density at radius 3 is 2.55 bits per heavy atom. The fourth-order valence-electron chi connectivity index (χ4n) is 9.46. The highest BCUT2D eigenvalue weighted by Gasteiger charge is 2.41. The Balaban J connectivity index is 1.34. The van der Waals surface area contributed by atoms with Gasteiger partial charge in [-0.05, 0) is 111 Å². The summed E-state index contributed by atoms with van der Waals surface area (Å²) < 4.78 is 14.2. The molecule has 4 atom stereocenters. The maximum absolute atomic E-state index is 14.6. The second kappa shape index (κ2) is 18.2. The average Bonchev–Trinajstić information content (AvgIpc) is 3.54. The molecule has 1 aliphatic carbocycles. The van der Waals surface area contributed by atoms with Gasteiger partial charge in [-0.2, -0.15) is 0 Å². The van der Waals surface area contributed by atoms with Crippen LogP contribution in [0.3, 0.4) is 0 Å². The molecule has 4 aromatic rings. The first-order chi connectivity index (χ1) is 29.5. The molecule has 1 saturated heterocycles. The highest BCUT2D eigenvalue weighted by Crippen LogP contribution is 2.42. The number of aliphatic hydroxyl groups excluding tert-OH is 1. The van der Waals surface area contributed by atoms with Gasteiger partial charge in [0.15, 0.2) is 0 Å². The van der Waals surface area contributed by atoms with Crippen molar-refractivity contribution >= 4 is 34.6 Å². The Hall–Kier alpha value is -5.31. The zero-order valence-electron chi connectivity index (χ0n) is 37.2. The van der Waals surface area contributed by atoms with Gasteiger partial charge in [0.05, 0.1) is 30.2 Å². The number of carbonyl (C=O) groups excluding carboxylic acids is 4. The van der Waals surface area contributed by atoms with Gasteiger partial charge in [0.2, 0.25) is 11.8 Å². The van der Waals surface area contributed by atoms with Gasteiger partial charge in [-0.25, -0.2) is 5.43 Å². The Bertz CT molecular complexity index is 2330. The molecule has 2 aromatic carbocycles. The summed E-state index contributed by atoms with van der Waals surface area (Å²) in [6.07, 6.45) is 3.19. The number of nitrogens with one attached hydrogen (secondary N) is 2. The van der Waals surface area contributed by atoms with E-state index in [-0.39, 0.29) is 42.6 Å². The molecule has 1 saturated carbocycles. The number of aryl methyl sites for hydroxylation is 1. The third-order valence-corrected chi connectivity index (χ3v) is 12.8. The van der Waals surface area contributed by atoms with Crippen LogP contribution in [0.15, 0.2) is 54.7 Å². The summed E-state index contributed by atoms with van der Waals surface area (Å²) in [6, 6.07) is 12.6. The molecule has 2 aliphatic heterocycles. The molecule has 0 radical (unpaired) electrons. The summed E-state index contributed by atoms with van der Waals surface area (Å²) in [6.45, 7) is 13.0. The smallest absolute Gasteiger partial charge is 0.324 e. The number of cyclic esters (lactones) is 1. The highest BCUT2D eigenvalue weighted by atomic mass is 16.5. The number of aromatic hydroxyl groups is 1. The van der Waals surface area contributed by atoms with Crippen molar-refractivity contribution in [1.29, 1.82) is 0 Å². The van der Waals surface area contributed by atoms with Crippen LogP contribution in [0.2, 0.25) is 0 Å². The molecule has 14 nitrogen and oxygen atoms in total. The summed E-state index contributed by atoms with van der Waals surface area (Å²) >= 11 is 0. The maximum Gasteiger partial charge on any atom is 0.324 e. The van der Waals surface area contributed by atoms with Crippen molar-refractivity contribution in [2.24, 2.45) is 17.3 Å². The second-order valence-corrected chi connectivity index (χ2v) is 18.5. The van der Waals surface area contributed by atoms with Gasteiger partial charge in [-0.3, -0.25) is 29.2 Å². The van der Waals surface area contributed by atoms with E-state index < -0.39 is 47.4 Å². The largest absolute Gasteiger partial charge is 0.508 e. The van der Waals surface area contributed by atoms with Gasteiger partial charge in [0, 0.05) is 67.7 Å². The maximum atomic E-state index is 14.6. The molecule has 6 bridgehead atoms. The van der Waals surface area contributed by atoms with Crippen LogP contribution in [-0.2, 0) is 48.0 Å². The number of rotatable bonds is 9. The minimum Gasteiger partial charge on any atom is -0.508 e. The lowest BCUT2D eigenvalue weighted by Crippen LogP contribution is -2.62. The molecule has 2 aromatic heterocycles. The number of benzene rings is 2. The van der Waals surface area contributed by atoms with Crippen LogP contribution in [0.4, 0.5) is 0 Å². The molecular formula is C48H62N6O8. The minimum atomic E-state index is -1.13. The lowest BCUT2D eigenvalue weighted by atomic mass is 9.81. The van der Waals surface area contributed by atoms with Crippen molar-refractivity contribution in [3.8, 4) is 28.1 Å². The van der Waals surface area contributed by atoms with E-state index in [1.165, 1.54) is 9.91 Å². The standard InChI is InChI=1S/C48H62N6O8/c1-9-53-40-15-14-30-24-36(40)37(43(53)35-12-10-16-49-41(35)28(4)61-8)25-48(5,6)26-62-47(60)38-13-11-17-54(51-38)46(59)39(20-29-18-31(30)21-33(55)19-29)50-44(57)42(27(2)3)52(7)45(58)32-22-34(56)23-32/h10,12,14-16,18-19,21,24,27-28,32,34,38-39,42,51,55-56H,9,11,13,17,20,22-23,25-26H2,1-8H3,(H,50,57)/t28-,32-,34+,38-,39-,42?/m0/s1. The number of methoxy groups -OCH3 is 1. The van der Waals surface area contributed by atoms with Gasteiger partial charge in [0.1, 0.15) is 23.9 Å². The number of amides is 3. The summed E-state index contributed by atoms with van der Waals surface area (Å²) in [4.78, 5) is 62.4. The molecule has 1 unspecified atom stereocenters. The number of carbonyl (C=O) groups is 4. The first-order valence-corrected chi connectivity index (χ1v) is 22.0. The van der Waals surface area contributed by atoms with Crippen LogP contribution in [-0.4, -0.2) is 105 Å². The Kier molecular flexibility index (Phi) is 13.1. The number of nitrogens with zero attached hydrogens (tertiary/aromatic N) is 4. The monoisotopic (exact) mass is 850 g/mol. The van der Waals surface area contributed by atoms with Crippen molar-refractivity contribution in [2.45, 2.75) is 117 Å². The summed E-state index contributed by atoms with van der Waals surface area (Å²) in [5.74, 6) is -2.34. The van der Waals surface area contributed by atoms with Gasteiger partial charge in [-0.1, -0.05) is 39.8 Å². The van der Waals surface area contributed by atoms with Gasteiger partial charge in [0.25, 0.3) is 5.91 Å². The zero-order valence-corrected chi connectivity index (χ0v) is 37.2. The van der Waals surface area contributed by atoms with E-state index in [9.17, 15) is 29.4 Å². The van der Waals surface area contributed by atoms with Crippen LogP contribution in [0.5, 0.6) is 5.75 Å². The fourth-order valence-corrected chi connectivity index (χ4v) is 9.46. The zero-order chi connectivity index (χ0) is 44.6. The number of pyridine rings is 1. The average molecular weight is 851 g/mol. The number of phenols is 1. The molecule has 7 rings (SSSR count). The third kappa shape index (κ3) is 9.09. The van der Waals surface area contributed by atoms with E-state index in [2.05, 4.69) is 54.3 Å². The lowest BCUT2D eigenvalue weighted by molar-refractivity contribution is -0.155. The SMILES string of the molecule is CCn1c(-c2cccnc2[C@H](C)OC)c2c3cc(ccc31)-c1cc(O)cc(c1)C[C@H](NC(=O)C(C(C)C)N(C)C(=O)[C@H]1C[C@@H](O)C1)C(=O)N1CCC[C@H](N1)C(=O)OCC(C)(C)C2. The molecular weight excluding hydrogens is 789 g/mol. The number of ether oxygens (including phenoxy) is 2. The lowest BCUT2D eigenvalue weighted by Gasteiger charge is -2.38. The Labute approximate surface area is 363 Å². The Morgan fingerprint density at radius 1 is 1.10 bits per heavy atom. The number of esters is 1. The molecule has 2 fully saturated rings. The molecule has 14 heteroatoms. The van der Waals surface area contributed by atoms with E-state index in [0.717, 1.165) is 44.5 Å². The van der Waals surface area contributed by atoms with Crippen molar-refractivity contribution in [3.05, 3.63) is 71.5 Å². The quantitative estimate of drug-likeness (QED) is 0.153. The van der Waals surface area contributed by atoms with Gasteiger partial charge >= 0.3 is 5.97 Å². The second-order valence-electron chi connectivity index (χ2n) is 18.5. The van der Waals surface area contributed by atoms with E-state index in [0.29, 0.717) is 50.8 Å². The Morgan fingerprint density at radius 2 is 1.85 bits per heavy atom. The van der Waals surface area contributed by atoms with Gasteiger partial charge in [-0.15, -0.1) is 0 Å². The van der Waals surface area contributed by atoms with Crippen molar-refractivity contribution < 1.29 is 38.9 Å². The van der Waals surface area contributed by atoms with Crippen LogP contribution in [0.1, 0.15) is 90.2 Å². The van der Waals surface area contributed by atoms with Gasteiger partial charge < -0.3 is 34.5 Å². The summed E-state index contributed by atoms with van der Waals surface area (Å²) in [7, 11) is 3.26. The molecule has 332 valence electrons. The van der Waals surface area contributed by atoms with Crippen molar-refractivity contribution in [2.75, 3.05) is 27.3 Å². The van der Waals surface area contributed by atoms with Crippen LogP contribution >= 0.6 is 0 Å². The number of phenolic OH excluding ortho intramolecular Hbond substituents is 1. The topological polar surface area (TPSA) is 176 Å². The normalized spacial score (nSPS) is 22.6. The van der Waals surface area contributed by atoms with Crippen LogP contribution < -0.4 is 10.7 Å². The van der Waals surface area contributed by atoms with Crippen LogP contribution in [0, 0.1) is 17.3 Å². The summed E-state index contributed by atoms with van der Waals surface area (Å²) in [5, 5.41) is 26.5. The van der Waals surface area contributed by atoms with Crippen molar-refractivity contribution in [3.63, 3.8) is 0 Å². The number of aromatic nitrogens is 2. The molecule has 3 amide bonds. The van der Waals surface area contributed by atoms with Crippen molar-refractivity contribution in [1.82, 2.24) is 30.2 Å². The molecule has 62 heavy (non-hydrogen) atoms. The third-order valence-electron chi connectivity index (χ3n) is 12.8. The number of fused-ring (bicyclic) bond motifs is 6. The number of likely N-dealkylation sites (N-methyl/N-ethyl adjacent to an activating group) is 1. The predicted octanol–water partition coefficient (Wildman–Crippen LogP) is 5.71. The molecule has 3 aliphatic rings. The summed E-state index contributed by atoms with van der Waals surface area (Å²) in [5.41, 5.74) is 9.60. The van der Waals surface area contributed by atoms with E-state index in [1.54, 1.807) is 32.5 Å². The van der Waals surface area contributed by atoms with Crippen LogP contribution in [0.25, 0.3) is 33.3 Å². The van der Waals surface area contributed by atoms with E-state index in [1.807, 2.05) is 39.0 Å². The van der Waals surface area contributed by atoms with E-state index >= 15 is 0 Å². The first kappa shape index (κ1) is 44.7. The molecule has 4 heterocycles. The number of hydrogen-bond acceptors (Lipinski definition) is 10. The van der Waals surface area contributed by atoms with E-state index in [4.69, 9.17) is 14.5 Å². The molecule has 0 spiro atoms. The molecule has 4 N–H and O–H groups in total. The fraction of sp³-hybridized carbons (Fsp3) is 0.521. The first-order valence-electron chi connectivity index (χ1n) is 22.0. The highest BCUT2D eigenvalue weighted by molar-refractivity contribution is 5.96. The predicted molar refractivity (Wildman–Crippen MR) is 235 cm³/mol. The number of hydrazine groups is 1. The number of aliphatic hydroxyl groups is 1. The minimum absolute atomic E-state index is 0.00163.